The molecule has 136 valence electrons. The summed E-state index contributed by atoms with van der Waals surface area (Å²) in [7, 11) is -4.38. The van der Waals surface area contributed by atoms with E-state index in [2.05, 4.69) is 56.3 Å². The van der Waals surface area contributed by atoms with Crippen LogP contribution in [-0.4, -0.2) is 13.0 Å². The number of benzene rings is 3. The third-order valence-corrected chi connectivity index (χ3v) is 5.96. The van der Waals surface area contributed by atoms with Crippen molar-refractivity contribution in [2.75, 3.05) is 0 Å². The summed E-state index contributed by atoms with van der Waals surface area (Å²) in [5.41, 5.74) is 2.40. The molecule has 0 N–H and O–H groups in total. The van der Waals surface area contributed by atoms with Crippen molar-refractivity contribution in [3.63, 3.8) is 0 Å². The molecule has 3 aromatic carbocycles. The Morgan fingerprint density at radius 1 is 0.778 bits per heavy atom. The monoisotopic (exact) mass is 390 g/mol. The zero-order chi connectivity index (χ0) is 18.7. The molecule has 2 atom stereocenters. The molecule has 0 bridgehead atoms. The number of fused-ring (bicyclic) bond motifs is 1. The van der Waals surface area contributed by atoms with Crippen molar-refractivity contribution in [2.45, 2.75) is 43.4 Å². The van der Waals surface area contributed by atoms with Gasteiger partial charge in [0.25, 0.3) is 0 Å². The Labute approximate surface area is 183 Å². The molecule has 3 nitrogen and oxygen atoms in total. The molecule has 0 spiro atoms. The van der Waals surface area contributed by atoms with Crippen molar-refractivity contribution in [2.24, 2.45) is 0 Å². The van der Waals surface area contributed by atoms with Crippen molar-refractivity contribution < 1.29 is 42.5 Å². The average molecular weight is 390 g/mol. The third-order valence-electron chi connectivity index (χ3n) is 5.11. The van der Waals surface area contributed by atoms with E-state index in [0.717, 1.165) is 18.4 Å². The quantitative estimate of drug-likeness (QED) is 0.480. The van der Waals surface area contributed by atoms with Crippen molar-refractivity contribution in [3.8, 4) is 0 Å². The maximum absolute atomic E-state index is 11.0. The van der Waals surface area contributed by atoms with Gasteiger partial charge in [0.15, 0.2) is 0 Å². The second-order valence-electron chi connectivity index (χ2n) is 7.01. The van der Waals surface area contributed by atoms with Crippen LogP contribution in [-0.2, 0) is 10.1 Å². The summed E-state index contributed by atoms with van der Waals surface area (Å²) in [6.45, 7) is 4.37. The fraction of sp³-hybridized carbons (Fsp3) is 0.273. The molecule has 0 aliphatic rings. The summed E-state index contributed by atoms with van der Waals surface area (Å²) >= 11 is 0. The van der Waals surface area contributed by atoms with E-state index in [1.54, 1.807) is 12.1 Å². The molecule has 0 aliphatic carbocycles. The first-order chi connectivity index (χ1) is 12.3. The van der Waals surface area contributed by atoms with E-state index in [9.17, 15) is 13.0 Å². The van der Waals surface area contributed by atoms with Gasteiger partial charge in [0.2, 0.25) is 0 Å². The minimum Gasteiger partial charge on any atom is -0.744 e. The van der Waals surface area contributed by atoms with E-state index in [0.29, 0.717) is 11.8 Å². The largest absolute Gasteiger partial charge is 1.00 e. The Morgan fingerprint density at radius 2 is 1.30 bits per heavy atom. The van der Waals surface area contributed by atoms with Crippen LogP contribution in [0.25, 0.3) is 10.8 Å². The standard InChI is InChI=1S/C22H24O3S.Na/c1-16(18-11-13-22(14-12-18)26(23,24)25)7-8-17(2)20-10-9-19-5-3-4-6-21(19)15-20;/h3-6,9-17H,7-8H2,1-2H3,(H,23,24,25);/q;+1/p-1. The van der Waals surface area contributed by atoms with Gasteiger partial charge in [-0.3, -0.25) is 0 Å². The molecule has 3 rings (SSSR count). The first-order valence-corrected chi connectivity index (χ1v) is 10.3. The van der Waals surface area contributed by atoms with Gasteiger partial charge in [-0.1, -0.05) is 68.4 Å². The van der Waals surface area contributed by atoms with Gasteiger partial charge in [-0.05, 0) is 58.7 Å². The summed E-state index contributed by atoms with van der Waals surface area (Å²) in [4.78, 5) is -0.169. The Hall–Kier alpha value is -1.17. The van der Waals surface area contributed by atoms with E-state index >= 15 is 0 Å². The number of hydrogen-bond donors (Lipinski definition) is 0. The smallest absolute Gasteiger partial charge is 0.744 e. The van der Waals surface area contributed by atoms with Crippen molar-refractivity contribution in [3.05, 3.63) is 77.9 Å². The molecule has 5 heteroatoms. The van der Waals surface area contributed by atoms with Gasteiger partial charge in [-0.15, -0.1) is 0 Å². The van der Waals surface area contributed by atoms with E-state index in [1.165, 1.54) is 28.5 Å². The fourth-order valence-corrected chi connectivity index (χ4v) is 3.78. The molecule has 2 unspecified atom stereocenters. The molecule has 0 amide bonds. The zero-order valence-electron chi connectivity index (χ0n) is 16.1. The summed E-state index contributed by atoms with van der Waals surface area (Å²) in [6.07, 6.45) is 2.04. The van der Waals surface area contributed by atoms with Crippen LogP contribution in [0.3, 0.4) is 0 Å². The fourth-order valence-electron chi connectivity index (χ4n) is 3.31. The van der Waals surface area contributed by atoms with Crippen molar-refractivity contribution in [1.29, 1.82) is 0 Å². The van der Waals surface area contributed by atoms with Crippen molar-refractivity contribution in [1.82, 2.24) is 0 Å². The predicted octanol–water partition coefficient (Wildman–Crippen LogP) is 2.44. The molecule has 0 heterocycles. The van der Waals surface area contributed by atoms with Gasteiger partial charge >= 0.3 is 29.6 Å². The molecule has 27 heavy (non-hydrogen) atoms. The van der Waals surface area contributed by atoms with Gasteiger partial charge in [0.05, 0.1) is 4.90 Å². The third kappa shape index (κ3) is 5.66. The number of hydrogen-bond acceptors (Lipinski definition) is 3. The van der Waals surface area contributed by atoms with Crippen LogP contribution < -0.4 is 29.6 Å². The van der Waals surface area contributed by atoms with Crippen LogP contribution in [0, 0.1) is 0 Å². The predicted molar refractivity (Wildman–Crippen MR) is 104 cm³/mol. The second-order valence-corrected chi connectivity index (χ2v) is 8.39. The zero-order valence-corrected chi connectivity index (χ0v) is 18.9. The topological polar surface area (TPSA) is 57.2 Å². The summed E-state index contributed by atoms with van der Waals surface area (Å²) < 4.78 is 33.1. The minimum atomic E-state index is -4.38. The molecule has 0 fully saturated rings. The Balaban J connectivity index is 0.00000261. The van der Waals surface area contributed by atoms with E-state index < -0.39 is 10.1 Å². The van der Waals surface area contributed by atoms with Gasteiger partial charge < -0.3 is 4.55 Å². The Kier molecular flexibility index (Phi) is 7.66. The van der Waals surface area contributed by atoms with Gasteiger partial charge in [-0.25, -0.2) is 8.42 Å². The normalized spacial score (nSPS) is 13.7. The van der Waals surface area contributed by atoms with Crippen LogP contribution in [0.2, 0.25) is 0 Å². The molecule has 0 aromatic heterocycles. The Bertz CT molecular complexity index is 998. The SMILES string of the molecule is CC(CCC(C)c1ccc2ccccc2c1)c1ccc(S(=O)(=O)[O-])cc1.[Na+]. The molecule has 3 aromatic rings. The van der Waals surface area contributed by atoms with Crippen LogP contribution in [0.1, 0.15) is 49.7 Å². The van der Waals surface area contributed by atoms with Crippen molar-refractivity contribution >= 4 is 20.9 Å². The summed E-state index contributed by atoms with van der Waals surface area (Å²) in [5, 5.41) is 2.52. The molecule has 0 radical (unpaired) electrons. The second kappa shape index (κ2) is 9.35. The average Bonchev–Trinajstić information content (AvgIpc) is 2.64. The van der Waals surface area contributed by atoms with E-state index in [-0.39, 0.29) is 34.5 Å². The van der Waals surface area contributed by atoms with E-state index in [1.807, 2.05) is 0 Å². The van der Waals surface area contributed by atoms with Gasteiger partial charge in [0, 0.05) is 0 Å². The van der Waals surface area contributed by atoms with Crippen LogP contribution in [0.4, 0.5) is 0 Å². The summed E-state index contributed by atoms with van der Waals surface area (Å²) in [6, 6.07) is 21.3. The minimum absolute atomic E-state index is 0. The molecular formula is C22H23NaO3S. The van der Waals surface area contributed by atoms with Gasteiger partial charge in [0.1, 0.15) is 10.1 Å². The number of rotatable bonds is 6. The van der Waals surface area contributed by atoms with Crippen LogP contribution >= 0.6 is 0 Å². The maximum atomic E-state index is 11.0. The van der Waals surface area contributed by atoms with E-state index in [4.69, 9.17) is 0 Å². The molecule has 0 saturated heterocycles. The summed E-state index contributed by atoms with van der Waals surface area (Å²) in [5.74, 6) is 0.754. The first-order valence-electron chi connectivity index (χ1n) is 8.89. The molecular weight excluding hydrogens is 367 g/mol. The molecule has 0 saturated carbocycles. The van der Waals surface area contributed by atoms with Gasteiger partial charge in [-0.2, -0.15) is 0 Å². The van der Waals surface area contributed by atoms with Crippen LogP contribution in [0.15, 0.2) is 71.6 Å². The first kappa shape index (κ1) is 22.1. The Morgan fingerprint density at radius 3 is 1.89 bits per heavy atom. The maximum Gasteiger partial charge on any atom is 1.00 e. The molecule has 0 aliphatic heterocycles. The van der Waals surface area contributed by atoms with Crippen LogP contribution in [0.5, 0.6) is 0 Å².